The van der Waals surface area contributed by atoms with E-state index in [0.29, 0.717) is 10.7 Å². The van der Waals surface area contributed by atoms with Crippen molar-refractivity contribution in [1.29, 1.82) is 0 Å². The lowest BCUT2D eigenvalue weighted by Gasteiger charge is -2.30. The van der Waals surface area contributed by atoms with Gasteiger partial charge in [-0.2, -0.15) is 4.31 Å². The van der Waals surface area contributed by atoms with E-state index in [1.54, 1.807) is 30.3 Å². The van der Waals surface area contributed by atoms with Gasteiger partial charge >= 0.3 is 6.03 Å². The van der Waals surface area contributed by atoms with Crippen LogP contribution in [0.3, 0.4) is 0 Å². The molecule has 4 rings (SSSR count). The summed E-state index contributed by atoms with van der Waals surface area (Å²) in [5.74, 6) is 0. The third-order valence-electron chi connectivity index (χ3n) is 5.57. The molecule has 0 bridgehead atoms. The first kappa shape index (κ1) is 19.7. The van der Waals surface area contributed by atoms with E-state index in [0.717, 1.165) is 28.3 Å². The third-order valence-corrected chi connectivity index (χ3v) is 7.29. The molecule has 2 unspecified atom stereocenters. The van der Waals surface area contributed by atoms with Crippen LogP contribution in [0.25, 0.3) is 0 Å². The van der Waals surface area contributed by atoms with E-state index in [1.165, 1.54) is 19.1 Å². The number of aliphatic hydroxyl groups is 2. The van der Waals surface area contributed by atoms with Crippen molar-refractivity contribution in [3.8, 4) is 0 Å². The molecule has 0 spiro atoms. The first-order valence-electron chi connectivity index (χ1n) is 9.25. The summed E-state index contributed by atoms with van der Waals surface area (Å²) in [5.41, 5.74) is 0.893. The minimum absolute atomic E-state index is 0.0968. The number of benzene rings is 2. The number of urea groups is 1. The van der Waals surface area contributed by atoms with Crippen LogP contribution in [0.1, 0.15) is 18.1 Å². The first-order valence-corrected chi connectivity index (χ1v) is 10.7. The second-order valence-corrected chi connectivity index (χ2v) is 9.50. The van der Waals surface area contributed by atoms with E-state index < -0.39 is 28.0 Å². The van der Waals surface area contributed by atoms with E-state index in [-0.39, 0.29) is 10.6 Å². The lowest BCUT2D eigenvalue weighted by atomic mass is 10.1. The Balaban J connectivity index is 1.76. The summed E-state index contributed by atoms with van der Waals surface area (Å²) in [7, 11) is -2.46. The van der Waals surface area contributed by atoms with Crippen molar-refractivity contribution in [3.63, 3.8) is 0 Å². The fraction of sp³-hybridized carbons (Fsp3) is 0.350. The molecule has 2 aromatic carbocycles. The van der Waals surface area contributed by atoms with Gasteiger partial charge < -0.3 is 15.1 Å². The maximum atomic E-state index is 13.2. The Morgan fingerprint density at radius 1 is 1.14 bits per heavy atom. The lowest BCUT2D eigenvalue weighted by molar-refractivity contribution is -0.0689. The Morgan fingerprint density at radius 2 is 1.79 bits per heavy atom. The van der Waals surface area contributed by atoms with E-state index in [2.05, 4.69) is 0 Å². The molecular formula is C20H23N3O5S. The monoisotopic (exact) mass is 417 g/mol. The molecule has 2 N–H and O–H groups in total. The summed E-state index contributed by atoms with van der Waals surface area (Å²) in [6.45, 7) is 3.85. The van der Waals surface area contributed by atoms with Crippen LogP contribution in [-0.4, -0.2) is 54.5 Å². The molecule has 0 radical (unpaired) electrons. The Labute approximate surface area is 169 Å². The molecule has 1 saturated heterocycles. The smallest absolute Gasteiger partial charge is 0.343 e. The zero-order valence-electron chi connectivity index (χ0n) is 16.4. The zero-order chi connectivity index (χ0) is 21.1. The number of carbonyl (C=O) groups is 1. The van der Waals surface area contributed by atoms with Crippen molar-refractivity contribution < 1.29 is 23.4 Å². The Bertz CT molecular complexity index is 1080. The van der Waals surface area contributed by atoms with Gasteiger partial charge in [0.05, 0.1) is 4.90 Å². The predicted octanol–water partition coefficient (Wildman–Crippen LogP) is 1.65. The molecule has 2 aliphatic heterocycles. The SMILES string of the molecule is Cc1ccc(N2C(=O)N(S(=O)(=O)c3ccc4c(c3)CCN4C)C(O)C2(C)O)cc1. The highest BCUT2D eigenvalue weighted by Gasteiger charge is 2.58. The van der Waals surface area contributed by atoms with E-state index in [4.69, 9.17) is 0 Å². The molecule has 29 heavy (non-hydrogen) atoms. The zero-order valence-corrected chi connectivity index (χ0v) is 17.2. The largest absolute Gasteiger partial charge is 0.374 e. The number of amides is 2. The Hall–Kier alpha value is -2.62. The fourth-order valence-electron chi connectivity index (χ4n) is 3.85. The van der Waals surface area contributed by atoms with Crippen LogP contribution >= 0.6 is 0 Å². The van der Waals surface area contributed by atoms with Crippen LogP contribution in [0.15, 0.2) is 47.4 Å². The van der Waals surface area contributed by atoms with Gasteiger partial charge in [-0.05, 0) is 56.2 Å². The summed E-state index contributed by atoms with van der Waals surface area (Å²) in [6, 6.07) is 10.3. The maximum absolute atomic E-state index is 13.2. The number of aryl methyl sites for hydroxylation is 1. The van der Waals surface area contributed by atoms with Crippen molar-refractivity contribution in [1.82, 2.24) is 4.31 Å². The second-order valence-electron chi connectivity index (χ2n) is 7.68. The van der Waals surface area contributed by atoms with Gasteiger partial charge in [-0.3, -0.25) is 4.90 Å². The van der Waals surface area contributed by atoms with Gasteiger partial charge in [0.15, 0.2) is 12.0 Å². The van der Waals surface area contributed by atoms with Crippen LogP contribution in [-0.2, 0) is 16.4 Å². The number of anilines is 2. The topological polar surface area (TPSA) is 101 Å². The van der Waals surface area contributed by atoms with Crippen LogP contribution in [0.2, 0.25) is 0 Å². The van der Waals surface area contributed by atoms with Crippen LogP contribution in [0.4, 0.5) is 16.2 Å². The van der Waals surface area contributed by atoms with Crippen LogP contribution in [0.5, 0.6) is 0 Å². The average Bonchev–Trinajstić information content (AvgIpc) is 3.11. The molecule has 1 fully saturated rings. The van der Waals surface area contributed by atoms with Gasteiger partial charge in [0.25, 0.3) is 10.0 Å². The summed E-state index contributed by atoms with van der Waals surface area (Å²) in [5, 5.41) is 21.5. The number of hydrogen-bond acceptors (Lipinski definition) is 6. The number of fused-ring (bicyclic) bond motifs is 1. The van der Waals surface area contributed by atoms with E-state index in [1.807, 2.05) is 18.9 Å². The molecular weight excluding hydrogens is 394 g/mol. The van der Waals surface area contributed by atoms with Gasteiger partial charge in [0.2, 0.25) is 0 Å². The van der Waals surface area contributed by atoms with Crippen molar-refractivity contribution in [2.45, 2.75) is 37.1 Å². The number of nitrogens with zero attached hydrogens (tertiary/aromatic N) is 3. The minimum Gasteiger partial charge on any atom is -0.374 e. The van der Waals surface area contributed by atoms with Gasteiger partial charge in [-0.1, -0.05) is 17.7 Å². The molecule has 2 aromatic rings. The summed E-state index contributed by atoms with van der Waals surface area (Å²) in [6.07, 6.45) is -1.27. The Kier molecular flexibility index (Phi) is 4.38. The highest BCUT2D eigenvalue weighted by molar-refractivity contribution is 7.89. The molecule has 2 atom stereocenters. The van der Waals surface area contributed by atoms with Gasteiger partial charge in [0.1, 0.15) is 0 Å². The highest BCUT2D eigenvalue weighted by atomic mass is 32.2. The maximum Gasteiger partial charge on any atom is 0.343 e. The van der Waals surface area contributed by atoms with Crippen molar-refractivity contribution in [2.75, 3.05) is 23.4 Å². The second kappa shape index (κ2) is 6.45. The predicted molar refractivity (Wildman–Crippen MR) is 108 cm³/mol. The molecule has 0 saturated carbocycles. The van der Waals surface area contributed by atoms with Gasteiger partial charge in [0, 0.05) is 25.0 Å². The lowest BCUT2D eigenvalue weighted by Crippen LogP contribution is -2.50. The van der Waals surface area contributed by atoms with Crippen molar-refractivity contribution in [2.24, 2.45) is 0 Å². The third kappa shape index (κ3) is 2.88. The molecule has 2 heterocycles. The number of aliphatic hydroxyl groups excluding tert-OH is 1. The number of rotatable bonds is 3. The molecule has 0 aliphatic carbocycles. The van der Waals surface area contributed by atoms with Crippen LogP contribution < -0.4 is 9.80 Å². The summed E-state index contributed by atoms with van der Waals surface area (Å²) >= 11 is 0. The van der Waals surface area contributed by atoms with Gasteiger partial charge in [-0.15, -0.1) is 0 Å². The quantitative estimate of drug-likeness (QED) is 0.788. The number of hydrogen-bond donors (Lipinski definition) is 2. The highest BCUT2D eigenvalue weighted by Crippen LogP contribution is 2.38. The normalized spacial score (nSPS) is 24.4. The van der Waals surface area contributed by atoms with Crippen molar-refractivity contribution >= 4 is 27.4 Å². The first-order chi connectivity index (χ1) is 13.5. The molecule has 154 valence electrons. The molecule has 0 aromatic heterocycles. The number of carbonyl (C=O) groups excluding carboxylic acids is 1. The van der Waals surface area contributed by atoms with E-state index >= 15 is 0 Å². The van der Waals surface area contributed by atoms with Crippen LogP contribution in [0, 0.1) is 6.92 Å². The average molecular weight is 417 g/mol. The Morgan fingerprint density at radius 3 is 2.45 bits per heavy atom. The minimum atomic E-state index is -4.38. The van der Waals surface area contributed by atoms with E-state index in [9.17, 15) is 23.4 Å². The van der Waals surface area contributed by atoms with Gasteiger partial charge in [-0.25, -0.2) is 13.2 Å². The molecule has 8 nitrogen and oxygen atoms in total. The number of likely N-dealkylation sites (N-methyl/N-ethyl adjacent to an activating group) is 1. The molecule has 2 aliphatic rings. The van der Waals surface area contributed by atoms with Crippen molar-refractivity contribution in [3.05, 3.63) is 53.6 Å². The summed E-state index contributed by atoms with van der Waals surface area (Å²) < 4.78 is 26.9. The standard InChI is InChI=1S/C20H23N3O5S/c1-13-4-6-15(7-5-13)22-19(25)23(18(24)20(22,2)26)29(27,28)16-8-9-17-14(12-16)10-11-21(17)3/h4-9,12,18,24,26H,10-11H2,1-3H3. The molecule has 9 heteroatoms. The summed E-state index contributed by atoms with van der Waals surface area (Å²) in [4.78, 5) is 15.9. The molecule has 2 amide bonds. The number of sulfonamides is 1. The fourth-order valence-corrected chi connectivity index (χ4v) is 5.36.